The number of hydrogen-bond acceptors (Lipinski definition) is 10. The third-order valence-corrected chi connectivity index (χ3v) is 9.62. The van der Waals surface area contributed by atoms with E-state index in [1.54, 1.807) is 48.8 Å². The SMILES string of the molecule is [C-]#[N+]c1c(N)ncnc1N[C@@H](C)c1cc2ccccn2c(=O)c1-c1cccc(F)c1.[C-]#[N+]c1c(N)ncnc1N[C@H](C)c1cc2ccccn2c(=O)c1-c1cccc(F)c1. The van der Waals surface area contributed by atoms with Gasteiger partial charge >= 0.3 is 0 Å². The van der Waals surface area contributed by atoms with Crippen LogP contribution in [0.2, 0.25) is 0 Å². The van der Waals surface area contributed by atoms with Gasteiger partial charge in [-0.05, 0) is 96.8 Å². The highest BCUT2D eigenvalue weighted by molar-refractivity contribution is 5.79. The van der Waals surface area contributed by atoms with Crippen molar-refractivity contribution in [2.45, 2.75) is 25.9 Å². The van der Waals surface area contributed by atoms with Crippen molar-refractivity contribution in [3.63, 3.8) is 0 Å². The zero-order valence-corrected chi connectivity index (χ0v) is 32.0. The topological polar surface area (TPSA) is 179 Å². The smallest absolute Gasteiger partial charge is 0.268 e. The molecule has 0 saturated heterocycles. The third-order valence-electron chi connectivity index (χ3n) is 9.62. The molecule has 8 aromatic rings. The Bertz CT molecular complexity index is 2930. The summed E-state index contributed by atoms with van der Waals surface area (Å²) >= 11 is 0. The molecule has 0 spiro atoms. The number of rotatable bonds is 8. The summed E-state index contributed by atoms with van der Waals surface area (Å²) in [7, 11) is 0. The molecule has 0 aliphatic carbocycles. The second-order valence-electron chi connectivity index (χ2n) is 13.4. The summed E-state index contributed by atoms with van der Waals surface area (Å²) in [6, 6.07) is 25.5. The van der Waals surface area contributed by atoms with E-state index in [1.165, 1.54) is 45.7 Å². The van der Waals surface area contributed by atoms with Crippen LogP contribution in [-0.4, -0.2) is 28.7 Å². The molecule has 0 aliphatic rings. The van der Waals surface area contributed by atoms with Gasteiger partial charge in [-0.25, -0.2) is 38.4 Å². The van der Waals surface area contributed by atoms with Gasteiger partial charge in [-0.2, -0.15) is 0 Å². The monoisotopic (exact) mass is 800 g/mol. The van der Waals surface area contributed by atoms with Crippen molar-refractivity contribution in [1.29, 1.82) is 0 Å². The summed E-state index contributed by atoms with van der Waals surface area (Å²) in [6.07, 6.45) is 5.87. The van der Waals surface area contributed by atoms with E-state index in [-0.39, 0.29) is 45.8 Å². The Balaban J connectivity index is 0.000000181. The van der Waals surface area contributed by atoms with Gasteiger partial charge in [0, 0.05) is 35.5 Å². The fourth-order valence-corrected chi connectivity index (χ4v) is 6.80. The first kappa shape index (κ1) is 39.7. The first-order valence-corrected chi connectivity index (χ1v) is 18.3. The van der Waals surface area contributed by atoms with Gasteiger partial charge in [0.1, 0.15) is 47.6 Å². The molecule has 296 valence electrons. The van der Waals surface area contributed by atoms with Crippen LogP contribution in [0.4, 0.5) is 43.4 Å². The maximum Gasteiger partial charge on any atom is 0.268 e. The lowest BCUT2D eigenvalue weighted by molar-refractivity contribution is 0.628. The molecular formula is C44H34F2N12O2. The molecule has 0 saturated carbocycles. The van der Waals surface area contributed by atoms with Gasteiger partial charge in [-0.3, -0.25) is 18.4 Å². The average molecular weight is 801 g/mol. The Kier molecular flexibility index (Phi) is 11.2. The third kappa shape index (κ3) is 7.89. The van der Waals surface area contributed by atoms with E-state index in [0.717, 1.165) is 0 Å². The number of halogens is 2. The molecule has 14 nitrogen and oxygen atoms in total. The number of fused-ring (bicyclic) bond motifs is 2. The van der Waals surface area contributed by atoms with Gasteiger partial charge < -0.3 is 22.1 Å². The van der Waals surface area contributed by atoms with Crippen LogP contribution in [0.1, 0.15) is 37.1 Å². The van der Waals surface area contributed by atoms with Crippen molar-refractivity contribution in [3.8, 4) is 22.3 Å². The van der Waals surface area contributed by atoms with E-state index < -0.39 is 23.7 Å². The number of hydrogen-bond donors (Lipinski definition) is 4. The molecule has 2 atom stereocenters. The lowest BCUT2D eigenvalue weighted by Gasteiger charge is -2.20. The molecule has 0 bridgehead atoms. The molecule has 60 heavy (non-hydrogen) atoms. The molecule has 0 amide bonds. The van der Waals surface area contributed by atoms with Crippen LogP contribution >= 0.6 is 0 Å². The fourth-order valence-electron chi connectivity index (χ4n) is 6.80. The zero-order valence-electron chi connectivity index (χ0n) is 32.0. The Hall–Kier alpha value is -8.50. The fraction of sp³-hybridized carbons (Fsp3) is 0.0909. The van der Waals surface area contributed by atoms with Crippen molar-refractivity contribution in [1.82, 2.24) is 28.7 Å². The van der Waals surface area contributed by atoms with Crippen LogP contribution in [0.3, 0.4) is 0 Å². The number of nitrogens with one attached hydrogen (secondary N) is 2. The number of benzene rings is 2. The molecule has 0 aliphatic heterocycles. The van der Waals surface area contributed by atoms with Gasteiger partial charge in [-0.1, -0.05) is 36.4 Å². The van der Waals surface area contributed by atoms with Crippen molar-refractivity contribution >= 4 is 45.7 Å². The molecule has 6 N–H and O–H groups in total. The Morgan fingerprint density at radius 3 is 1.40 bits per heavy atom. The lowest BCUT2D eigenvalue weighted by atomic mass is 9.96. The number of pyridine rings is 4. The van der Waals surface area contributed by atoms with Crippen LogP contribution in [0.5, 0.6) is 0 Å². The van der Waals surface area contributed by atoms with Crippen molar-refractivity contribution in [2.75, 3.05) is 22.1 Å². The van der Waals surface area contributed by atoms with Gasteiger partial charge in [0.05, 0.1) is 24.3 Å². The molecular weight excluding hydrogens is 767 g/mol. The van der Waals surface area contributed by atoms with Gasteiger partial charge in [0.15, 0.2) is 0 Å². The highest BCUT2D eigenvalue weighted by Gasteiger charge is 2.22. The van der Waals surface area contributed by atoms with Crippen LogP contribution < -0.4 is 33.2 Å². The molecule has 0 radical (unpaired) electrons. The van der Waals surface area contributed by atoms with E-state index in [9.17, 15) is 18.4 Å². The summed E-state index contributed by atoms with van der Waals surface area (Å²) in [5.41, 5.74) is 15.6. The molecule has 0 unspecified atom stereocenters. The Morgan fingerprint density at radius 1 is 0.600 bits per heavy atom. The zero-order chi connectivity index (χ0) is 42.5. The quantitative estimate of drug-likeness (QED) is 0.109. The first-order valence-electron chi connectivity index (χ1n) is 18.3. The second kappa shape index (κ2) is 16.9. The van der Waals surface area contributed by atoms with E-state index in [2.05, 4.69) is 40.3 Å². The number of nitrogens with zero attached hydrogens (tertiary/aromatic N) is 8. The van der Waals surface area contributed by atoms with Gasteiger partial charge in [-0.15, -0.1) is 0 Å². The van der Waals surface area contributed by atoms with E-state index >= 15 is 0 Å². The molecule has 0 fully saturated rings. The normalized spacial score (nSPS) is 11.8. The Labute approximate surface area is 341 Å². The minimum absolute atomic E-state index is 0.0682. The minimum Gasteiger partial charge on any atom is -0.392 e. The molecule has 8 rings (SSSR count). The maximum absolute atomic E-state index is 13.9. The lowest BCUT2D eigenvalue weighted by Crippen LogP contribution is -2.21. The molecule has 6 aromatic heterocycles. The summed E-state index contributed by atoms with van der Waals surface area (Å²) < 4.78 is 30.9. The minimum atomic E-state index is -0.435. The maximum atomic E-state index is 13.9. The van der Waals surface area contributed by atoms with Crippen LogP contribution in [0.25, 0.3) is 43.0 Å². The van der Waals surface area contributed by atoms with Crippen LogP contribution in [0, 0.1) is 24.8 Å². The van der Waals surface area contributed by atoms with Crippen LogP contribution in [-0.2, 0) is 0 Å². The number of nitrogen functional groups attached to an aromatic ring is 2. The van der Waals surface area contributed by atoms with Gasteiger partial charge in [0.2, 0.25) is 0 Å². The standard InChI is InChI=1S/2C22H17FN6O/c2*1-13(28-21-19(25-2)20(24)26-12-27-21)17-11-16-8-3-4-9-29(16)22(30)18(17)14-6-5-7-15(23)10-14/h2*3-13H,1H3,(H3,24,26,27,28)/t2*13-/m10/s1. The predicted molar refractivity (Wildman–Crippen MR) is 228 cm³/mol. The number of aromatic nitrogens is 6. The first-order chi connectivity index (χ1) is 29.0. The van der Waals surface area contributed by atoms with Crippen molar-refractivity contribution in [3.05, 3.63) is 188 Å². The van der Waals surface area contributed by atoms with E-state index in [0.29, 0.717) is 44.4 Å². The largest absolute Gasteiger partial charge is 0.392 e. The summed E-state index contributed by atoms with van der Waals surface area (Å²) in [5.74, 6) is -0.199. The van der Waals surface area contributed by atoms with E-state index in [4.69, 9.17) is 24.6 Å². The van der Waals surface area contributed by atoms with Gasteiger partial charge in [0.25, 0.3) is 22.5 Å². The van der Waals surface area contributed by atoms with Crippen molar-refractivity contribution < 1.29 is 8.78 Å². The summed E-state index contributed by atoms with van der Waals surface area (Å²) in [6.45, 7) is 18.4. The van der Waals surface area contributed by atoms with Crippen LogP contribution in [0.15, 0.2) is 132 Å². The number of anilines is 4. The highest BCUT2D eigenvalue weighted by atomic mass is 19.1. The highest BCUT2D eigenvalue weighted by Crippen LogP contribution is 2.35. The Morgan fingerprint density at radius 2 is 1.02 bits per heavy atom. The second-order valence-corrected chi connectivity index (χ2v) is 13.4. The summed E-state index contributed by atoms with van der Waals surface area (Å²) in [4.78, 5) is 49.3. The van der Waals surface area contributed by atoms with Crippen molar-refractivity contribution in [2.24, 2.45) is 0 Å². The molecule has 6 heterocycles. The summed E-state index contributed by atoms with van der Waals surface area (Å²) in [5, 5.41) is 6.30. The number of nitrogens with two attached hydrogens (primary N) is 2. The molecule has 2 aromatic carbocycles. The predicted octanol–water partition coefficient (Wildman–Crippen LogP) is 8.40. The molecule has 16 heteroatoms. The van der Waals surface area contributed by atoms with E-state index in [1.807, 2.05) is 50.2 Å². The average Bonchev–Trinajstić information content (AvgIpc) is 3.24.